The third-order valence-corrected chi connectivity index (χ3v) is 3.64. The van der Waals surface area contributed by atoms with E-state index in [1.807, 2.05) is 0 Å². The molecular weight excluding hydrogens is 264 g/mol. The molecule has 0 radical (unpaired) electrons. The zero-order valence-electron chi connectivity index (χ0n) is 11.3. The highest BCUT2D eigenvalue weighted by atomic mass is 35.5. The van der Waals surface area contributed by atoms with Gasteiger partial charge < -0.3 is 15.3 Å². The third kappa shape index (κ3) is 3.48. The summed E-state index contributed by atoms with van der Waals surface area (Å²) in [5, 5.41) is 13.2. The van der Waals surface area contributed by atoms with E-state index in [1.165, 1.54) is 0 Å². The number of aromatic nitrogens is 2. The Morgan fingerprint density at radius 2 is 2.37 bits per heavy atom. The fourth-order valence-corrected chi connectivity index (χ4v) is 2.55. The SMILES string of the molecule is CCCNc1ncc(Cl)c(N2CCCCC2CO)n1. The van der Waals surface area contributed by atoms with Crippen molar-refractivity contribution in [1.29, 1.82) is 0 Å². The van der Waals surface area contributed by atoms with Gasteiger partial charge in [0.1, 0.15) is 5.02 Å². The minimum absolute atomic E-state index is 0.111. The summed E-state index contributed by atoms with van der Waals surface area (Å²) in [5.41, 5.74) is 0. The van der Waals surface area contributed by atoms with Crippen LogP contribution in [0, 0.1) is 0 Å². The topological polar surface area (TPSA) is 61.3 Å². The lowest BCUT2D eigenvalue weighted by atomic mass is 10.0. The van der Waals surface area contributed by atoms with E-state index in [-0.39, 0.29) is 12.6 Å². The maximum Gasteiger partial charge on any atom is 0.224 e. The summed E-state index contributed by atoms with van der Waals surface area (Å²) in [6.07, 6.45) is 5.88. The Bertz CT molecular complexity index is 416. The van der Waals surface area contributed by atoms with Crippen molar-refractivity contribution in [3.05, 3.63) is 11.2 Å². The van der Waals surface area contributed by atoms with Crippen molar-refractivity contribution in [2.45, 2.75) is 38.6 Å². The van der Waals surface area contributed by atoms with Crippen LogP contribution < -0.4 is 10.2 Å². The highest BCUT2D eigenvalue weighted by Gasteiger charge is 2.25. The van der Waals surface area contributed by atoms with Crippen molar-refractivity contribution in [3.8, 4) is 0 Å². The van der Waals surface area contributed by atoms with Crippen LogP contribution in [0.2, 0.25) is 5.02 Å². The second kappa shape index (κ2) is 6.91. The van der Waals surface area contributed by atoms with E-state index in [0.717, 1.165) is 44.6 Å². The first kappa shape index (κ1) is 14.3. The van der Waals surface area contributed by atoms with Crippen LogP contribution in [0.4, 0.5) is 11.8 Å². The van der Waals surface area contributed by atoms with Crippen LogP contribution in [0.15, 0.2) is 6.20 Å². The van der Waals surface area contributed by atoms with Crippen LogP contribution in [-0.4, -0.2) is 40.8 Å². The molecule has 0 aliphatic carbocycles. The quantitative estimate of drug-likeness (QED) is 0.869. The Hall–Kier alpha value is -1.07. The fraction of sp³-hybridized carbons (Fsp3) is 0.692. The predicted molar refractivity (Wildman–Crippen MR) is 77.9 cm³/mol. The first-order chi connectivity index (χ1) is 9.26. The first-order valence-corrected chi connectivity index (χ1v) is 7.28. The summed E-state index contributed by atoms with van der Waals surface area (Å²) >= 11 is 6.21. The van der Waals surface area contributed by atoms with Gasteiger partial charge in [0, 0.05) is 13.1 Å². The van der Waals surface area contributed by atoms with Gasteiger partial charge in [0.15, 0.2) is 5.82 Å². The molecule has 19 heavy (non-hydrogen) atoms. The van der Waals surface area contributed by atoms with Crippen molar-refractivity contribution in [3.63, 3.8) is 0 Å². The Kier molecular flexibility index (Phi) is 5.22. The Morgan fingerprint density at radius 3 is 3.11 bits per heavy atom. The van der Waals surface area contributed by atoms with Gasteiger partial charge in [0.05, 0.1) is 18.8 Å². The normalized spacial score (nSPS) is 19.5. The Morgan fingerprint density at radius 1 is 1.53 bits per heavy atom. The van der Waals surface area contributed by atoms with Crippen LogP contribution in [0.3, 0.4) is 0 Å². The van der Waals surface area contributed by atoms with Crippen LogP contribution >= 0.6 is 11.6 Å². The van der Waals surface area contributed by atoms with Crippen LogP contribution in [0.5, 0.6) is 0 Å². The number of anilines is 2. The maximum absolute atomic E-state index is 9.48. The molecule has 106 valence electrons. The largest absolute Gasteiger partial charge is 0.394 e. The number of aliphatic hydroxyl groups excluding tert-OH is 1. The molecule has 2 rings (SSSR count). The number of rotatable bonds is 5. The summed E-state index contributed by atoms with van der Waals surface area (Å²) in [5.74, 6) is 1.33. The molecule has 1 aliphatic rings. The number of nitrogens with one attached hydrogen (secondary N) is 1. The highest BCUT2D eigenvalue weighted by molar-refractivity contribution is 6.32. The predicted octanol–water partition coefficient (Wildman–Crippen LogP) is 2.30. The van der Waals surface area contributed by atoms with Crippen molar-refractivity contribution >= 4 is 23.4 Å². The van der Waals surface area contributed by atoms with Crippen molar-refractivity contribution in [1.82, 2.24) is 9.97 Å². The van der Waals surface area contributed by atoms with Gasteiger partial charge in [-0.1, -0.05) is 18.5 Å². The second-order valence-electron chi connectivity index (χ2n) is 4.82. The monoisotopic (exact) mass is 284 g/mol. The lowest BCUT2D eigenvalue weighted by Gasteiger charge is -2.36. The number of nitrogens with zero attached hydrogens (tertiary/aromatic N) is 3. The van der Waals surface area contributed by atoms with E-state index < -0.39 is 0 Å². The van der Waals surface area contributed by atoms with Gasteiger partial charge >= 0.3 is 0 Å². The molecular formula is C13H21ClN4O. The van der Waals surface area contributed by atoms with E-state index in [0.29, 0.717) is 11.0 Å². The molecule has 1 atom stereocenters. The first-order valence-electron chi connectivity index (χ1n) is 6.90. The van der Waals surface area contributed by atoms with Gasteiger partial charge in [-0.05, 0) is 25.7 Å². The molecule has 0 saturated carbocycles. The molecule has 1 fully saturated rings. The van der Waals surface area contributed by atoms with E-state index in [1.54, 1.807) is 6.20 Å². The molecule has 2 N–H and O–H groups in total. The Labute approximate surface area is 119 Å². The molecule has 1 aromatic rings. The number of piperidine rings is 1. The summed E-state index contributed by atoms with van der Waals surface area (Å²) in [4.78, 5) is 10.8. The number of aliphatic hydroxyl groups is 1. The van der Waals surface area contributed by atoms with Crippen LogP contribution in [0.25, 0.3) is 0 Å². The van der Waals surface area contributed by atoms with E-state index in [4.69, 9.17) is 11.6 Å². The van der Waals surface area contributed by atoms with Gasteiger partial charge in [0.2, 0.25) is 5.95 Å². The van der Waals surface area contributed by atoms with Crippen molar-refractivity contribution < 1.29 is 5.11 Å². The molecule has 0 aromatic carbocycles. The fourth-order valence-electron chi connectivity index (χ4n) is 2.35. The standard InChI is InChI=1S/C13H21ClN4O/c1-2-6-15-13-16-8-11(14)12(17-13)18-7-4-3-5-10(18)9-19/h8,10,19H,2-7,9H2,1H3,(H,15,16,17). The zero-order valence-corrected chi connectivity index (χ0v) is 12.0. The summed E-state index contributed by atoms with van der Waals surface area (Å²) in [6.45, 7) is 3.95. The summed E-state index contributed by atoms with van der Waals surface area (Å²) in [7, 11) is 0. The molecule has 6 heteroatoms. The van der Waals surface area contributed by atoms with E-state index in [2.05, 4.69) is 27.1 Å². The van der Waals surface area contributed by atoms with E-state index in [9.17, 15) is 5.11 Å². The van der Waals surface area contributed by atoms with Gasteiger partial charge in [0.25, 0.3) is 0 Å². The molecule has 5 nitrogen and oxygen atoms in total. The maximum atomic E-state index is 9.48. The lowest BCUT2D eigenvalue weighted by molar-refractivity contribution is 0.239. The zero-order chi connectivity index (χ0) is 13.7. The number of hydrogen-bond acceptors (Lipinski definition) is 5. The van der Waals surface area contributed by atoms with Crippen molar-refractivity contribution in [2.75, 3.05) is 29.9 Å². The number of hydrogen-bond donors (Lipinski definition) is 2. The lowest BCUT2D eigenvalue weighted by Crippen LogP contribution is -2.42. The molecule has 1 saturated heterocycles. The summed E-state index contributed by atoms with van der Waals surface area (Å²) in [6, 6.07) is 0.111. The molecule has 0 spiro atoms. The molecule has 2 heterocycles. The smallest absolute Gasteiger partial charge is 0.224 e. The molecule has 1 unspecified atom stereocenters. The highest BCUT2D eigenvalue weighted by Crippen LogP contribution is 2.29. The summed E-state index contributed by atoms with van der Waals surface area (Å²) < 4.78 is 0. The van der Waals surface area contributed by atoms with Crippen molar-refractivity contribution in [2.24, 2.45) is 0 Å². The average molecular weight is 285 g/mol. The van der Waals surface area contributed by atoms with Crippen LogP contribution in [0.1, 0.15) is 32.6 Å². The van der Waals surface area contributed by atoms with Crippen LogP contribution in [-0.2, 0) is 0 Å². The van der Waals surface area contributed by atoms with Gasteiger partial charge in [-0.15, -0.1) is 0 Å². The van der Waals surface area contributed by atoms with Gasteiger partial charge in [-0.2, -0.15) is 4.98 Å². The Balaban J connectivity index is 2.21. The van der Waals surface area contributed by atoms with Gasteiger partial charge in [-0.3, -0.25) is 0 Å². The average Bonchev–Trinajstić information content (AvgIpc) is 2.46. The number of halogens is 1. The molecule has 0 bridgehead atoms. The van der Waals surface area contributed by atoms with E-state index >= 15 is 0 Å². The minimum atomic E-state index is 0.111. The second-order valence-corrected chi connectivity index (χ2v) is 5.22. The molecule has 1 aliphatic heterocycles. The third-order valence-electron chi connectivity index (χ3n) is 3.37. The van der Waals surface area contributed by atoms with Gasteiger partial charge in [-0.25, -0.2) is 4.98 Å². The molecule has 0 amide bonds. The minimum Gasteiger partial charge on any atom is -0.394 e. The molecule has 1 aromatic heterocycles.